The van der Waals surface area contributed by atoms with Gasteiger partial charge in [0.25, 0.3) is 0 Å². The van der Waals surface area contributed by atoms with E-state index in [0.29, 0.717) is 29.7 Å². The van der Waals surface area contributed by atoms with Crippen LogP contribution in [0.15, 0.2) is 42.5 Å². The first-order chi connectivity index (χ1) is 13.8. The standard InChI is InChI=1S/C21H25FN4O3/c1-3-4-18(26-21(29)24-12-14-5-7-15(22)8-6-14)20(28)25-16-9-10-17(19(23)27)13(2)11-16/h5-11,18H,3-4,12H2,1-2H3,(H2,23,27)(H,25,28)(H2,24,26,29). The van der Waals surface area contributed by atoms with Crippen molar-refractivity contribution >= 4 is 23.5 Å². The highest BCUT2D eigenvalue weighted by molar-refractivity contribution is 5.98. The molecule has 1 atom stereocenters. The summed E-state index contributed by atoms with van der Waals surface area (Å²) in [4.78, 5) is 36.1. The summed E-state index contributed by atoms with van der Waals surface area (Å²) < 4.78 is 12.9. The van der Waals surface area contributed by atoms with Gasteiger partial charge in [0.05, 0.1) is 0 Å². The second kappa shape index (κ2) is 10.2. The molecular formula is C21H25FN4O3. The fourth-order valence-corrected chi connectivity index (χ4v) is 2.80. The molecule has 2 aromatic carbocycles. The number of hydrogen-bond donors (Lipinski definition) is 4. The van der Waals surface area contributed by atoms with E-state index in [1.165, 1.54) is 12.1 Å². The maximum absolute atomic E-state index is 12.9. The Balaban J connectivity index is 1.95. The van der Waals surface area contributed by atoms with Crippen molar-refractivity contribution in [1.82, 2.24) is 10.6 Å². The van der Waals surface area contributed by atoms with Crippen LogP contribution in [0.25, 0.3) is 0 Å². The van der Waals surface area contributed by atoms with Crippen LogP contribution in [0.5, 0.6) is 0 Å². The number of amides is 4. The number of halogens is 1. The van der Waals surface area contributed by atoms with Gasteiger partial charge in [-0.1, -0.05) is 25.5 Å². The third-order valence-corrected chi connectivity index (χ3v) is 4.32. The summed E-state index contributed by atoms with van der Waals surface area (Å²) >= 11 is 0. The average Bonchev–Trinajstić information content (AvgIpc) is 2.67. The molecule has 8 heteroatoms. The van der Waals surface area contributed by atoms with Crippen LogP contribution in [-0.2, 0) is 11.3 Å². The molecule has 7 nitrogen and oxygen atoms in total. The molecule has 0 spiro atoms. The highest BCUT2D eigenvalue weighted by Crippen LogP contribution is 2.15. The third kappa shape index (κ3) is 6.60. The van der Waals surface area contributed by atoms with Gasteiger partial charge in [0.1, 0.15) is 11.9 Å². The predicted molar refractivity (Wildman–Crippen MR) is 109 cm³/mol. The van der Waals surface area contributed by atoms with Gasteiger partial charge in [-0.2, -0.15) is 0 Å². The van der Waals surface area contributed by atoms with Crippen LogP contribution in [0, 0.1) is 12.7 Å². The van der Waals surface area contributed by atoms with E-state index in [1.807, 2.05) is 6.92 Å². The summed E-state index contributed by atoms with van der Waals surface area (Å²) in [5, 5.41) is 8.05. The van der Waals surface area contributed by atoms with Gasteiger partial charge in [0, 0.05) is 17.8 Å². The first kappa shape index (κ1) is 21.9. The molecule has 0 radical (unpaired) electrons. The largest absolute Gasteiger partial charge is 0.366 e. The minimum Gasteiger partial charge on any atom is -0.366 e. The minimum absolute atomic E-state index is 0.209. The maximum Gasteiger partial charge on any atom is 0.315 e. The number of anilines is 1. The zero-order valence-electron chi connectivity index (χ0n) is 16.4. The first-order valence-electron chi connectivity index (χ1n) is 9.30. The number of aryl methyl sites for hydroxylation is 1. The molecule has 0 aliphatic heterocycles. The van der Waals surface area contributed by atoms with Crippen molar-refractivity contribution in [2.45, 2.75) is 39.3 Å². The van der Waals surface area contributed by atoms with Crippen molar-refractivity contribution in [2.24, 2.45) is 5.73 Å². The lowest BCUT2D eigenvalue weighted by molar-refractivity contribution is -0.118. The monoisotopic (exact) mass is 400 g/mol. The lowest BCUT2D eigenvalue weighted by Crippen LogP contribution is -2.47. The van der Waals surface area contributed by atoms with Gasteiger partial charge in [-0.05, 0) is 54.8 Å². The number of carbonyl (C=O) groups is 3. The summed E-state index contributed by atoms with van der Waals surface area (Å²) in [6.07, 6.45) is 1.14. The van der Waals surface area contributed by atoms with Gasteiger partial charge in [0.15, 0.2) is 0 Å². The Bertz CT molecular complexity index is 884. The summed E-state index contributed by atoms with van der Waals surface area (Å²) in [7, 11) is 0. The van der Waals surface area contributed by atoms with Gasteiger partial charge in [0.2, 0.25) is 11.8 Å². The quantitative estimate of drug-likeness (QED) is 0.546. The van der Waals surface area contributed by atoms with E-state index >= 15 is 0 Å². The van der Waals surface area contributed by atoms with Gasteiger partial charge in [-0.3, -0.25) is 9.59 Å². The highest BCUT2D eigenvalue weighted by Gasteiger charge is 2.20. The van der Waals surface area contributed by atoms with Gasteiger partial charge in [-0.15, -0.1) is 0 Å². The molecule has 0 aliphatic rings. The smallest absolute Gasteiger partial charge is 0.315 e. The molecule has 4 amide bonds. The first-order valence-corrected chi connectivity index (χ1v) is 9.30. The molecule has 0 aliphatic carbocycles. The molecule has 2 rings (SSSR count). The summed E-state index contributed by atoms with van der Waals surface area (Å²) in [6, 6.07) is 9.32. The molecule has 0 saturated carbocycles. The zero-order chi connectivity index (χ0) is 21.4. The molecule has 1 unspecified atom stereocenters. The fraction of sp³-hybridized carbons (Fsp3) is 0.286. The third-order valence-electron chi connectivity index (χ3n) is 4.32. The van der Waals surface area contributed by atoms with E-state index in [1.54, 1.807) is 37.3 Å². The fourth-order valence-electron chi connectivity index (χ4n) is 2.80. The SMILES string of the molecule is CCCC(NC(=O)NCc1ccc(F)cc1)C(=O)Nc1ccc(C(N)=O)c(C)c1. The molecular weight excluding hydrogens is 375 g/mol. The molecule has 0 saturated heterocycles. The highest BCUT2D eigenvalue weighted by atomic mass is 19.1. The lowest BCUT2D eigenvalue weighted by Gasteiger charge is -2.19. The predicted octanol–water partition coefficient (Wildman–Crippen LogP) is 2.84. The number of nitrogens with one attached hydrogen (secondary N) is 3. The van der Waals surface area contributed by atoms with Crippen LogP contribution in [0.2, 0.25) is 0 Å². The summed E-state index contributed by atoms with van der Waals surface area (Å²) in [5.74, 6) is -1.25. The Morgan fingerprint density at radius 3 is 2.38 bits per heavy atom. The lowest BCUT2D eigenvalue weighted by atomic mass is 10.1. The van der Waals surface area contributed by atoms with Crippen molar-refractivity contribution in [3.05, 3.63) is 65.0 Å². The Kier molecular flexibility index (Phi) is 7.70. The molecule has 0 bridgehead atoms. The average molecular weight is 400 g/mol. The van der Waals surface area contributed by atoms with Crippen molar-refractivity contribution in [3.8, 4) is 0 Å². The minimum atomic E-state index is -0.732. The topological polar surface area (TPSA) is 113 Å². The Hall–Kier alpha value is -3.42. The van der Waals surface area contributed by atoms with Crippen LogP contribution < -0.4 is 21.7 Å². The second-order valence-electron chi connectivity index (χ2n) is 6.68. The Labute approximate surface area is 168 Å². The molecule has 2 aromatic rings. The number of benzene rings is 2. The summed E-state index contributed by atoms with van der Waals surface area (Å²) in [6.45, 7) is 3.84. The number of nitrogens with two attached hydrogens (primary N) is 1. The van der Waals surface area contributed by atoms with E-state index < -0.39 is 18.0 Å². The van der Waals surface area contributed by atoms with Crippen molar-refractivity contribution < 1.29 is 18.8 Å². The van der Waals surface area contributed by atoms with Crippen LogP contribution >= 0.6 is 0 Å². The maximum atomic E-state index is 12.9. The van der Waals surface area contributed by atoms with Gasteiger partial charge < -0.3 is 21.7 Å². The van der Waals surface area contributed by atoms with Gasteiger partial charge >= 0.3 is 6.03 Å². The number of primary amides is 1. The van der Waals surface area contributed by atoms with Crippen LogP contribution in [-0.4, -0.2) is 23.9 Å². The zero-order valence-corrected chi connectivity index (χ0v) is 16.4. The van der Waals surface area contributed by atoms with E-state index in [4.69, 9.17) is 5.73 Å². The van der Waals surface area contributed by atoms with Crippen molar-refractivity contribution in [1.29, 1.82) is 0 Å². The van der Waals surface area contributed by atoms with Crippen molar-refractivity contribution in [2.75, 3.05) is 5.32 Å². The number of rotatable bonds is 8. The van der Waals surface area contributed by atoms with Crippen LogP contribution in [0.4, 0.5) is 14.9 Å². The van der Waals surface area contributed by atoms with E-state index in [-0.39, 0.29) is 18.3 Å². The molecule has 0 fully saturated rings. The Morgan fingerprint density at radius 1 is 1.10 bits per heavy atom. The molecule has 29 heavy (non-hydrogen) atoms. The van der Waals surface area contributed by atoms with Gasteiger partial charge in [-0.25, -0.2) is 9.18 Å². The van der Waals surface area contributed by atoms with Crippen molar-refractivity contribution in [3.63, 3.8) is 0 Å². The number of urea groups is 1. The van der Waals surface area contributed by atoms with E-state index in [9.17, 15) is 18.8 Å². The molecule has 5 N–H and O–H groups in total. The number of carbonyl (C=O) groups excluding carboxylic acids is 3. The van der Waals surface area contributed by atoms with E-state index in [0.717, 1.165) is 5.56 Å². The number of hydrogen-bond acceptors (Lipinski definition) is 3. The summed E-state index contributed by atoms with van der Waals surface area (Å²) in [5.41, 5.74) is 7.56. The normalized spacial score (nSPS) is 11.4. The molecule has 0 aromatic heterocycles. The second-order valence-corrected chi connectivity index (χ2v) is 6.68. The Morgan fingerprint density at radius 2 is 1.79 bits per heavy atom. The van der Waals surface area contributed by atoms with Crippen LogP contribution in [0.1, 0.15) is 41.3 Å². The molecule has 154 valence electrons. The molecule has 0 heterocycles. The van der Waals surface area contributed by atoms with Crippen LogP contribution in [0.3, 0.4) is 0 Å². The van der Waals surface area contributed by atoms with E-state index in [2.05, 4.69) is 16.0 Å².